The molecule has 3 rings (SSSR count). The fraction of sp³-hybridized carbons (Fsp3) is 0.579. The summed E-state index contributed by atoms with van der Waals surface area (Å²) in [6, 6.07) is 10.9. The van der Waals surface area contributed by atoms with E-state index in [9.17, 15) is 4.79 Å². The number of piperazine rings is 1. The van der Waals surface area contributed by atoms with Crippen LogP contribution in [0.2, 0.25) is 0 Å². The van der Waals surface area contributed by atoms with E-state index in [4.69, 9.17) is 0 Å². The van der Waals surface area contributed by atoms with Gasteiger partial charge in [0.1, 0.15) is 0 Å². The lowest BCUT2D eigenvalue weighted by Crippen LogP contribution is -2.49. The molecule has 1 amide bonds. The monoisotopic (exact) mass is 343 g/mol. The van der Waals surface area contributed by atoms with E-state index in [0.29, 0.717) is 19.0 Å². The molecule has 2 unspecified atom stereocenters. The van der Waals surface area contributed by atoms with Crippen molar-refractivity contribution in [3.63, 3.8) is 0 Å². The van der Waals surface area contributed by atoms with Crippen LogP contribution in [0.1, 0.15) is 19.8 Å². The van der Waals surface area contributed by atoms with Crippen LogP contribution in [0.4, 0.5) is 5.69 Å². The van der Waals surface area contributed by atoms with Crippen molar-refractivity contribution in [3.05, 3.63) is 30.3 Å². The number of nitrogens with zero attached hydrogens (tertiary/aromatic N) is 3. The van der Waals surface area contributed by atoms with E-state index in [0.717, 1.165) is 38.1 Å². The van der Waals surface area contributed by atoms with Crippen LogP contribution in [-0.2, 0) is 4.79 Å². The van der Waals surface area contributed by atoms with Gasteiger partial charge in [-0.15, -0.1) is 0 Å². The molecule has 0 spiro atoms. The van der Waals surface area contributed by atoms with Crippen molar-refractivity contribution in [3.8, 4) is 0 Å². The molecule has 1 heterocycles. The highest BCUT2D eigenvalue weighted by atomic mass is 16.2. The van der Waals surface area contributed by atoms with Crippen molar-refractivity contribution < 1.29 is 4.79 Å². The van der Waals surface area contributed by atoms with Crippen LogP contribution < -0.4 is 15.5 Å². The molecule has 2 atom stereocenters. The van der Waals surface area contributed by atoms with E-state index >= 15 is 0 Å². The summed E-state index contributed by atoms with van der Waals surface area (Å²) in [5, 5.41) is 6.62. The number of anilines is 1. The molecule has 1 aliphatic heterocycles. The molecular formula is C19H29N5O. The maximum atomic E-state index is 12.4. The number of rotatable bonds is 5. The lowest BCUT2D eigenvalue weighted by molar-refractivity contribution is -0.131. The molecule has 1 saturated carbocycles. The summed E-state index contributed by atoms with van der Waals surface area (Å²) in [4.78, 5) is 20.9. The van der Waals surface area contributed by atoms with E-state index in [-0.39, 0.29) is 5.91 Å². The van der Waals surface area contributed by atoms with Crippen LogP contribution in [-0.4, -0.2) is 62.6 Å². The van der Waals surface area contributed by atoms with Gasteiger partial charge in [-0.1, -0.05) is 25.1 Å². The van der Waals surface area contributed by atoms with Gasteiger partial charge in [0.25, 0.3) is 0 Å². The molecule has 6 nitrogen and oxygen atoms in total. The smallest absolute Gasteiger partial charge is 0.224 e. The fourth-order valence-corrected chi connectivity index (χ4v) is 3.19. The van der Waals surface area contributed by atoms with E-state index in [1.54, 1.807) is 7.05 Å². The normalized spacial score (nSPS) is 23.4. The minimum Gasteiger partial charge on any atom is -0.368 e. The third-order valence-corrected chi connectivity index (χ3v) is 5.04. The standard InChI is InChI=1S/C19H29N5O/c1-15-14-17(15)22-19(20-2)21-9-8-18(25)24-12-10-23(11-13-24)16-6-4-3-5-7-16/h3-7,15,17H,8-14H2,1-2H3,(H2,20,21,22). The topological polar surface area (TPSA) is 60.0 Å². The highest BCUT2D eigenvalue weighted by Crippen LogP contribution is 2.28. The van der Waals surface area contributed by atoms with E-state index in [1.807, 2.05) is 11.0 Å². The minimum absolute atomic E-state index is 0.218. The number of hydrogen-bond acceptors (Lipinski definition) is 3. The Morgan fingerprint density at radius 1 is 1.20 bits per heavy atom. The van der Waals surface area contributed by atoms with Gasteiger partial charge in [-0.3, -0.25) is 9.79 Å². The molecule has 0 aromatic heterocycles. The van der Waals surface area contributed by atoms with Crippen molar-refractivity contribution in [2.75, 3.05) is 44.7 Å². The zero-order valence-corrected chi connectivity index (χ0v) is 15.2. The largest absolute Gasteiger partial charge is 0.368 e. The first-order valence-electron chi connectivity index (χ1n) is 9.22. The van der Waals surface area contributed by atoms with Gasteiger partial charge in [0.15, 0.2) is 5.96 Å². The van der Waals surface area contributed by atoms with E-state index in [1.165, 1.54) is 12.1 Å². The van der Waals surface area contributed by atoms with Gasteiger partial charge < -0.3 is 20.4 Å². The summed E-state index contributed by atoms with van der Waals surface area (Å²) in [5.41, 5.74) is 1.24. The molecule has 2 fully saturated rings. The van der Waals surface area contributed by atoms with Crippen molar-refractivity contribution in [1.29, 1.82) is 0 Å². The highest BCUT2D eigenvalue weighted by Gasteiger charge is 2.33. The second kappa shape index (κ2) is 8.23. The zero-order chi connectivity index (χ0) is 17.6. The Balaban J connectivity index is 1.36. The zero-order valence-electron chi connectivity index (χ0n) is 15.2. The second-order valence-corrected chi connectivity index (χ2v) is 6.92. The summed E-state index contributed by atoms with van der Waals surface area (Å²) in [5.74, 6) is 1.74. The Kier molecular flexibility index (Phi) is 5.79. The first-order valence-corrected chi connectivity index (χ1v) is 9.22. The molecule has 2 N–H and O–H groups in total. The van der Waals surface area contributed by atoms with Crippen LogP contribution in [0.15, 0.2) is 35.3 Å². The summed E-state index contributed by atoms with van der Waals surface area (Å²) >= 11 is 0. The van der Waals surface area contributed by atoms with Gasteiger partial charge in [-0.05, 0) is 24.5 Å². The van der Waals surface area contributed by atoms with Gasteiger partial charge in [0, 0.05) is 57.9 Å². The van der Waals surface area contributed by atoms with E-state index < -0.39 is 0 Å². The molecular weight excluding hydrogens is 314 g/mol. The average molecular weight is 343 g/mol. The van der Waals surface area contributed by atoms with Crippen LogP contribution in [0, 0.1) is 5.92 Å². The van der Waals surface area contributed by atoms with E-state index in [2.05, 4.69) is 51.7 Å². The summed E-state index contributed by atoms with van der Waals surface area (Å²) < 4.78 is 0. The fourth-order valence-electron chi connectivity index (χ4n) is 3.19. The summed E-state index contributed by atoms with van der Waals surface area (Å²) in [6.45, 7) is 6.22. The number of nitrogens with one attached hydrogen (secondary N) is 2. The summed E-state index contributed by atoms with van der Waals surface area (Å²) in [6.07, 6.45) is 1.71. The molecule has 136 valence electrons. The highest BCUT2D eigenvalue weighted by molar-refractivity contribution is 5.81. The first kappa shape index (κ1) is 17.6. The Morgan fingerprint density at radius 2 is 1.88 bits per heavy atom. The Labute approximate surface area is 150 Å². The Bertz CT molecular complexity index is 595. The number of amides is 1. The molecule has 1 saturated heterocycles. The third kappa shape index (κ3) is 4.87. The lowest BCUT2D eigenvalue weighted by Gasteiger charge is -2.36. The molecule has 1 aromatic rings. The molecule has 2 aliphatic rings. The van der Waals surface area contributed by atoms with Crippen LogP contribution >= 0.6 is 0 Å². The van der Waals surface area contributed by atoms with Crippen LogP contribution in [0.3, 0.4) is 0 Å². The number of hydrogen-bond donors (Lipinski definition) is 2. The third-order valence-electron chi connectivity index (χ3n) is 5.04. The van der Waals surface area contributed by atoms with Crippen molar-refractivity contribution in [2.24, 2.45) is 10.9 Å². The molecule has 25 heavy (non-hydrogen) atoms. The van der Waals surface area contributed by atoms with Gasteiger partial charge >= 0.3 is 0 Å². The van der Waals surface area contributed by atoms with Gasteiger partial charge in [0.05, 0.1) is 0 Å². The number of carbonyl (C=O) groups excluding carboxylic acids is 1. The quantitative estimate of drug-likeness (QED) is 0.625. The minimum atomic E-state index is 0.218. The number of benzene rings is 1. The van der Waals surface area contributed by atoms with Crippen molar-refractivity contribution in [1.82, 2.24) is 15.5 Å². The van der Waals surface area contributed by atoms with Gasteiger partial charge in [-0.2, -0.15) is 0 Å². The Hall–Kier alpha value is -2.24. The van der Waals surface area contributed by atoms with Crippen LogP contribution in [0.5, 0.6) is 0 Å². The maximum Gasteiger partial charge on any atom is 0.224 e. The van der Waals surface area contributed by atoms with Crippen molar-refractivity contribution >= 4 is 17.6 Å². The van der Waals surface area contributed by atoms with Crippen LogP contribution in [0.25, 0.3) is 0 Å². The molecule has 0 bridgehead atoms. The number of aliphatic imine (C=N–C) groups is 1. The molecule has 1 aliphatic carbocycles. The maximum absolute atomic E-state index is 12.4. The molecule has 0 radical (unpaired) electrons. The average Bonchev–Trinajstić information content (AvgIpc) is 3.36. The second-order valence-electron chi connectivity index (χ2n) is 6.92. The number of guanidine groups is 1. The molecule has 1 aromatic carbocycles. The molecule has 6 heteroatoms. The number of carbonyl (C=O) groups is 1. The van der Waals surface area contributed by atoms with Crippen molar-refractivity contribution in [2.45, 2.75) is 25.8 Å². The first-order chi connectivity index (χ1) is 12.2. The van der Waals surface area contributed by atoms with Gasteiger partial charge in [-0.25, -0.2) is 0 Å². The lowest BCUT2D eigenvalue weighted by atomic mass is 10.2. The SMILES string of the molecule is CN=C(NCCC(=O)N1CCN(c2ccccc2)CC1)NC1CC1C. The predicted molar refractivity (Wildman–Crippen MR) is 102 cm³/mol. The predicted octanol–water partition coefficient (Wildman–Crippen LogP) is 1.30. The number of para-hydroxylation sites is 1. The summed E-state index contributed by atoms with van der Waals surface area (Å²) in [7, 11) is 1.77. The Morgan fingerprint density at radius 3 is 2.48 bits per heavy atom. The van der Waals surface area contributed by atoms with Gasteiger partial charge in [0.2, 0.25) is 5.91 Å².